The van der Waals surface area contributed by atoms with Crippen molar-refractivity contribution in [2.75, 3.05) is 19.7 Å². The summed E-state index contributed by atoms with van der Waals surface area (Å²) in [5, 5.41) is 1.00. The lowest BCUT2D eigenvalue weighted by atomic mass is 10.0. The molecule has 0 amide bonds. The van der Waals surface area contributed by atoms with Gasteiger partial charge in [0, 0.05) is 45.0 Å². The van der Waals surface area contributed by atoms with Gasteiger partial charge in [0.15, 0.2) is 0 Å². The van der Waals surface area contributed by atoms with E-state index in [9.17, 15) is 4.79 Å². The molecule has 3 heterocycles. The van der Waals surface area contributed by atoms with Crippen LogP contribution in [0.1, 0.15) is 25.5 Å². The molecule has 1 saturated heterocycles. The van der Waals surface area contributed by atoms with Gasteiger partial charge in [-0.1, -0.05) is 26.6 Å². The third-order valence-electron chi connectivity index (χ3n) is 5.25. The van der Waals surface area contributed by atoms with Gasteiger partial charge in [0.2, 0.25) is 0 Å². The lowest BCUT2D eigenvalue weighted by Crippen LogP contribution is -2.34. The van der Waals surface area contributed by atoms with Crippen molar-refractivity contribution in [3.63, 3.8) is 0 Å². The van der Waals surface area contributed by atoms with Crippen LogP contribution >= 0.6 is 0 Å². The molecule has 0 radical (unpaired) electrons. The average Bonchev–Trinajstić information content (AvgIpc) is 2.89. The van der Waals surface area contributed by atoms with Crippen molar-refractivity contribution in [3.05, 3.63) is 34.4 Å². The molecule has 1 aliphatic rings. The van der Waals surface area contributed by atoms with Crippen LogP contribution in [0.5, 0.6) is 0 Å². The molecular weight excluding hydrogens is 342 g/mol. The van der Waals surface area contributed by atoms with E-state index in [-0.39, 0.29) is 5.56 Å². The first-order chi connectivity index (χ1) is 12.3. The minimum absolute atomic E-state index is 0.0328. The normalized spacial score (nSPS) is 19.3. The fraction of sp³-hybridized carbons (Fsp3) is 0.650. The maximum Gasteiger partial charge on any atom is 0.272 e. The monoisotopic (exact) mass is 375 g/mol. The highest BCUT2D eigenvalue weighted by Gasteiger charge is 2.20. The molecule has 26 heavy (non-hydrogen) atoms. The van der Waals surface area contributed by atoms with Gasteiger partial charge in [0.1, 0.15) is 12.2 Å². The summed E-state index contributed by atoms with van der Waals surface area (Å²) in [5.74, 6) is 0.748. The molecule has 0 aliphatic carbocycles. The van der Waals surface area contributed by atoms with Crippen LogP contribution in [0.4, 0.5) is 0 Å². The summed E-state index contributed by atoms with van der Waals surface area (Å²) >= 11 is 0. The number of hydrogen-bond donors (Lipinski definition) is 1. The highest BCUT2D eigenvalue weighted by atomic mass is 28.3. The zero-order valence-corrected chi connectivity index (χ0v) is 17.7. The van der Waals surface area contributed by atoms with Crippen molar-refractivity contribution in [3.8, 4) is 0 Å². The number of pyridine rings is 1. The van der Waals surface area contributed by atoms with Gasteiger partial charge >= 0.3 is 0 Å². The number of aromatic amines is 1. The van der Waals surface area contributed by atoms with Gasteiger partial charge in [-0.05, 0) is 43.5 Å². The molecule has 2 aromatic heterocycles. The van der Waals surface area contributed by atoms with Crippen LogP contribution in [0.2, 0.25) is 25.7 Å². The maximum atomic E-state index is 12.4. The molecule has 144 valence electrons. The maximum absolute atomic E-state index is 12.4. The topological polar surface area (TPSA) is 50.3 Å². The van der Waals surface area contributed by atoms with Crippen molar-refractivity contribution in [2.45, 2.75) is 58.7 Å². The zero-order chi connectivity index (χ0) is 18.7. The number of likely N-dealkylation sites (tertiary alicyclic amines) is 1. The summed E-state index contributed by atoms with van der Waals surface area (Å²) in [5.41, 5.74) is 1.88. The molecule has 1 fully saturated rings. The number of nitrogens with zero attached hydrogens (tertiary/aromatic N) is 2. The zero-order valence-electron chi connectivity index (χ0n) is 16.7. The highest BCUT2D eigenvalue weighted by Crippen LogP contribution is 2.22. The Bertz CT molecular complexity index is 790. The number of H-pyrrole nitrogens is 1. The molecule has 0 bridgehead atoms. The van der Waals surface area contributed by atoms with E-state index in [2.05, 4.69) is 47.1 Å². The Morgan fingerprint density at radius 3 is 2.88 bits per heavy atom. The van der Waals surface area contributed by atoms with Crippen LogP contribution in [0.3, 0.4) is 0 Å². The van der Waals surface area contributed by atoms with Crippen LogP contribution in [-0.2, 0) is 18.0 Å². The average molecular weight is 376 g/mol. The number of ether oxygens (including phenoxy) is 1. The quantitative estimate of drug-likeness (QED) is 0.590. The summed E-state index contributed by atoms with van der Waals surface area (Å²) in [6.45, 7) is 13.8. The smallest absolute Gasteiger partial charge is 0.272 e. The molecule has 0 spiro atoms. The second-order valence-corrected chi connectivity index (χ2v) is 14.6. The fourth-order valence-corrected chi connectivity index (χ4v) is 4.51. The van der Waals surface area contributed by atoms with Gasteiger partial charge in [0.25, 0.3) is 5.56 Å². The molecule has 2 aromatic rings. The van der Waals surface area contributed by atoms with E-state index < -0.39 is 8.07 Å². The Balaban J connectivity index is 1.80. The van der Waals surface area contributed by atoms with E-state index >= 15 is 0 Å². The summed E-state index contributed by atoms with van der Waals surface area (Å²) < 4.78 is 8.08. The van der Waals surface area contributed by atoms with Crippen molar-refractivity contribution in [1.82, 2.24) is 14.5 Å². The minimum Gasteiger partial charge on any atom is -0.361 e. The van der Waals surface area contributed by atoms with Crippen LogP contribution < -0.4 is 5.56 Å². The van der Waals surface area contributed by atoms with Gasteiger partial charge in [-0.3, -0.25) is 9.69 Å². The first-order valence-corrected chi connectivity index (χ1v) is 13.5. The molecule has 0 aromatic carbocycles. The van der Waals surface area contributed by atoms with Gasteiger partial charge in [-0.2, -0.15) is 0 Å². The molecule has 1 aliphatic heterocycles. The van der Waals surface area contributed by atoms with Gasteiger partial charge < -0.3 is 14.3 Å². The minimum atomic E-state index is -1.11. The van der Waals surface area contributed by atoms with Crippen LogP contribution in [0.25, 0.3) is 10.9 Å². The van der Waals surface area contributed by atoms with Crippen LogP contribution in [0, 0.1) is 5.92 Å². The van der Waals surface area contributed by atoms with Gasteiger partial charge in [-0.25, -0.2) is 0 Å². The van der Waals surface area contributed by atoms with Gasteiger partial charge in [-0.15, -0.1) is 0 Å². The van der Waals surface area contributed by atoms with E-state index in [1.54, 1.807) is 6.20 Å². The summed E-state index contributed by atoms with van der Waals surface area (Å²) in [6.07, 6.45) is 4.31. The van der Waals surface area contributed by atoms with Gasteiger partial charge in [0.05, 0.1) is 0 Å². The first kappa shape index (κ1) is 19.4. The molecular formula is C20H33N3O2Si. The lowest BCUT2D eigenvalue weighted by molar-refractivity contribution is 0.0848. The predicted molar refractivity (Wildman–Crippen MR) is 110 cm³/mol. The Morgan fingerprint density at radius 2 is 2.15 bits per heavy atom. The number of hydrogen-bond acceptors (Lipinski definition) is 3. The number of rotatable bonds is 7. The van der Waals surface area contributed by atoms with E-state index in [0.717, 1.165) is 49.1 Å². The molecule has 5 nitrogen and oxygen atoms in total. The lowest BCUT2D eigenvalue weighted by Gasteiger charge is -2.31. The number of nitrogens with one attached hydrogen (secondary N) is 1. The fourth-order valence-electron chi connectivity index (χ4n) is 3.75. The summed E-state index contributed by atoms with van der Waals surface area (Å²) in [6, 6.07) is 5.28. The van der Waals surface area contributed by atoms with E-state index in [1.165, 1.54) is 18.5 Å². The Morgan fingerprint density at radius 1 is 1.35 bits per heavy atom. The molecule has 1 unspecified atom stereocenters. The third-order valence-corrected chi connectivity index (χ3v) is 6.95. The number of aromatic nitrogens is 2. The molecule has 6 heteroatoms. The Labute approximate surface area is 157 Å². The van der Waals surface area contributed by atoms with Crippen molar-refractivity contribution in [1.29, 1.82) is 0 Å². The largest absolute Gasteiger partial charge is 0.361 e. The number of fused-ring (bicyclic) bond motifs is 1. The second-order valence-electron chi connectivity index (χ2n) is 9.00. The Hall–Kier alpha value is -1.37. The molecule has 0 saturated carbocycles. The van der Waals surface area contributed by atoms with E-state index in [1.807, 2.05) is 6.07 Å². The summed E-state index contributed by atoms with van der Waals surface area (Å²) in [7, 11) is -1.11. The molecule has 1 atom stereocenters. The van der Waals surface area contributed by atoms with Crippen LogP contribution in [-0.4, -0.2) is 42.2 Å². The molecule has 3 rings (SSSR count). The van der Waals surface area contributed by atoms with Crippen molar-refractivity contribution < 1.29 is 4.74 Å². The first-order valence-electron chi connectivity index (χ1n) is 9.83. The second kappa shape index (κ2) is 8.11. The molecule has 1 N–H and O–H groups in total. The van der Waals surface area contributed by atoms with Crippen molar-refractivity contribution in [2.24, 2.45) is 5.92 Å². The van der Waals surface area contributed by atoms with E-state index in [4.69, 9.17) is 4.74 Å². The summed E-state index contributed by atoms with van der Waals surface area (Å²) in [4.78, 5) is 17.7. The Kier molecular flexibility index (Phi) is 6.05. The standard InChI is InChI=1S/C20H33N3O2Si/c1-16-6-5-9-22(13-16)14-18-12-17-7-8-21-20(24)19(17)23(18)15-25-10-11-26(2,3)4/h7-8,12,16H,5-6,9-11,13-15H2,1-4H3,(H,21,24). The predicted octanol–water partition coefficient (Wildman–Crippen LogP) is 3.87. The highest BCUT2D eigenvalue weighted by molar-refractivity contribution is 6.76. The third kappa shape index (κ3) is 4.87. The van der Waals surface area contributed by atoms with Crippen molar-refractivity contribution >= 4 is 19.0 Å². The number of piperidine rings is 1. The van der Waals surface area contributed by atoms with E-state index in [0.29, 0.717) is 6.73 Å². The SMILES string of the molecule is CC1CCCN(Cc2cc3cc[nH]c(=O)c3n2COCC[Si](C)(C)C)C1. The van der Waals surface area contributed by atoms with Crippen LogP contribution in [0.15, 0.2) is 23.1 Å².